The zero-order valence-corrected chi connectivity index (χ0v) is 20.1. The van der Waals surface area contributed by atoms with Crippen LogP contribution in [0.4, 0.5) is 4.39 Å². The Hall–Kier alpha value is -2.98. The molecule has 3 aromatic carbocycles. The average molecular weight is 521 g/mol. The maximum Gasteiger partial charge on any atom is 0.285 e. The standard InChI is InChI=1S/C23H19Cl2FN4O3S/c1-33-28-23(29-34(31,32)20-12-8-18(25)9-13-20)30-22(16-4-10-19(26)11-5-16)14-21(27-30)15-2-6-17(24)7-3-15/h2-13,22H,14H2,1H3,(H,28,29). The van der Waals surface area contributed by atoms with Crippen molar-refractivity contribution in [3.63, 3.8) is 0 Å². The third-order valence-electron chi connectivity index (χ3n) is 5.07. The van der Waals surface area contributed by atoms with Gasteiger partial charge in [-0.2, -0.15) is 13.5 Å². The number of nitrogens with one attached hydrogen (secondary N) is 1. The lowest BCUT2D eigenvalue weighted by Gasteiger charge is -2.24. The monoisotopic (exact) mass is 520 g/mol. The molecule has 0 bridgehead atoms. The molecule has 1 N–H and O–H groups in total. The molecule has 0 radical (unpaired) electrons. The van der Waals surface area contributed by atoms with Gasteiger partial charge in [-0.3, -0.25) is 4.84 Å². The Morgan fingerprint density at radius 2 is 1.62 bits per heavy atom. The van der Waals surface area contributed by atoms with Crippen molar-refractivity contribution in [2.45, 2.75) is 17.4 Å². The lowest BCUT2D eigenvalue weighted by Crippen LogP contribution is -2.38. The Labute approximate surface area is 206 Å². The number of sulfonamides is 1. The Kier molecular flexibility index (Phi) is 7.18. The van der Waals surface area contributed by atoms with Gasteiger partial charge in [0.1, 0.15) is 5.82 Å². The van der Waals surface area contributed by atoms with Crippen molar-refractivity contribution in [2.75, 3.05) is 7.11 Å². The Bertz CT molecular complexity index is 1330. The predicted octanol–water partition coefficient (Wildman–Crippen LogP) is 5.18. The van der Waals surface area contributed by atoms with Crippen LogP contribution >= 0.6 is 23.2 Å². The third kappa shape index (κ3) is 5.39. The summed E-state index contributed by atoms with van der Waals surface area (Å²) >= 11 is 11.9. The van der Waals surface area contributed by atoms with Crippen LogP contribution in [-0.4, -0.2) is 32.2 Å². The van der Waals surface area contributed by atoms with E-state index in [0.29, 0.717) is 27.7 Å². The molecule has 4 rings (SSSR count). The van der Waals surface area contributed by atoms with Gasteiger partial charge in [0.25, 0.3) is 16.0 Å². The molecule has 0 saturated carbocycles. The second kappa shape index (κ2) is 10.1. The maximum absolute atomic E-state index is 13.6. The first-order valence-electron chi connectivity index (χ1n) is 10.0. The van der Waals surface area contributed by atoms with Crippen molar-refractivity contribution in [2.24, 2.45) is 9.50 Å². The Balaban J connectivity index is 1.79. The molecule has 34 heavy (non-hydrogen) atoms. The van der Waals surface area contributed by atoms with Crippen LogP contribution in [0.2, 0.25) is 10.0 Å². The van der Waals surface area contributed by atoms with Gasteiger partial charge in [0.2, 0.25) is 0 Å². The molecule has 1 unspecified atom stereocenters. The zero-order chi connectivity index (χ0) is 24.3. The van der Waals surface area contributed by atoms with Gasteiger partial charge >= 0.3 is 0 Å². The molecule has 7 nitrogen and oxygen atoms in total. The van der Waals surface area contributed by atoms with Crippen molar-refractivity contribution >= 4 is 44.9 Å². The van der Waals surface area contributed by atoms with Crippen LogP contribution < -0.4 is 5.48 Å². The van der Waals surface area contributed by atoms with E-state index in [-0.39, 0.29) is 16.7 Å². The second-order valence-corrected chi connectivity index (χ2v) is 9.80. The van der Waals surface area contributed by atoms with E-state index in [4.69, 9.17) is 28.0 Å². The summed E-state index contributed by atoms with van der Waals surface area (Å²) in [5, 5.41) is 7.01. The predicted molar refractivity (Wildman–Crippen MR) is 130 cm³/mol. The largest absolute Gasteiger partial charge is 0.285 e. The van der Waals surface area contributed by atoms with E-state index < -0.39 is 16.1 Å². The molecular weight excluding hydrogens is 502 g/mol. The fourth-order valence-corrected chi connectivity index (χ4v) is 4.62. The fourth-order valence-electron chi connectivity index (χ4n) is 3.44. The van der Waals surface area contributed by atoms with Crippen molar-refractivity contribution in [1.82, 2.24) is 10.5 Å². The highest BCUT2D eigenvalue weighted by atomic mass is 35.5. The van der Waals surface area contributed by atoms with Crippen molar-refractivity contribution in [3.8, 4) is 0 Å². The number of benzene rings is 3. The van der Waals surface area contributed by atoms with Crippen LogP contribution in [0, 0.1) is 5.82 Å². The number of hydrazone groups is 1. The number of hydrogen-bond donors (Lipinski definition) is 1. The number of nitrogens with zero attached hydrogens (tertiary/aromatic N) is 3. The van der Waals surface area contributed by atoms with E-state index in [2.05, 4.69) is 15.0 Å². The number of hydrogen-bond acceptors (Lipinski definition) is 4. The number of rotatable bonds is 5. The van der Waals surface area contributed by atoms with Gasteiger partial charge in [0.15, 0.2) is 0 Å². The maximum atomic E-state index is 13.6. The summed E-state index contributed by atoms with van der Waals surface area (Å²) in [6.07, 6.45) is 0.401. The SMILES string of the molecule is CON/C(=N\S(=O)(=O)c1ccc(Cl)cc1)N1N=C(c2ccc(Cl)cc2)CC1c1ccc(F)cc1. The van der Waals surface area contributed by atoms with Crippen LogP contribution in [0.1, 0.15) is 23.6 Å². The summed E-state index contributed by atoms with van der Waals surface area (Å²) in [5.41, 5.74) is 4.70. The molecular formula is C23H19Cl2FN4O3S. The topological polar surface area (TPSA) is 83.4 Å². The molecule has 1 heterocycles. The van der Waals surface area contributed by atoms with E-state index >= 15 is 0 Å². The quantitative estimate of drug-likeness (QED) is 0.284. The van der Waals surface area contributed by atoms with Crippen LogP contribution in [-0.2, 0) is 14.9 Å². The second-order valence-electron chi connectivity index (χ2n) is 7.32. The van der Waals surface area contributed by atoms with E-state index in [1.165, 1.54) is 48.5 Å². The third-order valence-corrected chi connectivity index (χ3v) is 6.86. The first-order valence-corrected chi connectivity index (χ1v) is 12.2. The summed E-state index contributed by atoms with van der Waals surface area (Å²) in [5.74, 6) is -0.544. The summed E-state index contributed by atoms with van der Waals surface area (Å²) in [7, 11) is -2.81. The van der Waals surface area contributed by atoms with Gasteiger partial charge in [-0.05, 0) is 59.7 Å². The minimum absolute atomic E-state index is 0.0493. The highest BCUT2D eigenvalue weighted by Crippen LogP contribution is 2.33. The summed E-state index contributed by atoms with van der Waals surface area (Å²) in [6, 6.07) is 18.2. The van der Waals surface area contributed by atoms with Crippen molar-refractivity contribution in [1.29, 1.82) is 0 Å². The van der Waals surface area contributed by atoms with Crippen molar-refractivity contribution in [3.05, 3.63) is 99.8 Å². The fraction of sp³-hybridized carbons (Fsp3) is 0.130. The molecule has 1 aliphatic rings. The molecule has 0 spiro atoms. The molecule has 0 amide bonds. The number of halogens is 3. The van der Waals surface area contributed by atoms with Crippen molar-refractivity contribution < 1.29 is 17.6 Å². The van der Waals surface area contributed by atoms with Gasteiger partial charge in [-0.1, -0.05) is 47.5 Å². The van der Waals surface area contributed by atoms with Crippen LogP contribution in [0.5, 0.6) is 0 Å². The highest BCUT2D eigenvalue weighted by molar-refractivity contribution is 7.90. The lowest BCUT2D eigenvalue weighted by atomic mass is 9.98. The van der Waals surface area contributed by atoms with Gasteiger partial charge in [-0.15, -0.1) is 4.40 Å². The molecule has 1 aliphatic heterocycles. The lowest BCUT2D eigenvalue weighted by molar-refractivity contribution is 0.127. The number of guanidine groups is 1. The summed E-state index contributed by atoms with van der Waals surface area (Å²) in [4.78, 5) is 4.97. The van der Waals surface area contributed by atoms with Gasteiger partial charge in [-0.25, -0.2) is 14.9 Å². The highest BCUT2D eigenvalue weighted by Gasteiger charge is 2.33. The molecule has 1 atom stereocenters. The van der Waals surface area contributed by atoms with E-state index in [0.717, 1.165) is 5.56 Å². The van der Waals surface area contributed by atoms with E-state index in [1.54, 1.807) is 24.3 Å². The van der Waals surface area contributed by atoms with Gasteiger partial charge < -0.3 is 0 Å². The summed E-state index contributed by atoms with van der Waals surface area (Å²) in [6.45, 7) is 0. The van der Waals surface area contributed by atoms with Gasteiger partial charge in [0.05, 0.1) is 23.8 Å². The molecule has 0 aromatic heterocycles. The molecule has 176 valence electrons. The zero-order valence-electron chi connectivity index (χ0n) is 17.8. The van der Waals surface area contributed by atoms with Crippen LogP contribution in [0.25, 0.3) is 0 Å². The van der Waals surface area contributed by atoms with Crippen LogP contribution in [0.15, 0.2) is 87.2 Å². The minimum Gasteiger partial charge on any atom is -0.277 e. The Morgan fingerprint density at radius 1 is 1.03 bits per heavy atom. The first-order chi connectivity index (χ1) is 16.3. The molecule has 0 saturated heterocycles. The minimum atomic E-state index is -4.14. The van der Waals surface area contributed by atoms with Gasteiger partial charge in [0, 0.05) is 16.5 Å². The Morgan fingerprint density at radius 3 is 2.21 bits per heavy atom. The average Bonchev–Trinajstić information content (AvgIpc) is 3.25. The van der Waals surface area contributed by atoms with E-state index in [1.807, 2.05) is 12.1 Å². The molecule has 3 aromatic rings. The number of hydroxylamine groups is 1. The van der Waals surface area contributed by atoms with Crippen LogP contribution in [0.3, 0.4) is 0 Å². The molecule has 11 heteroatoms. The normalized spacial score (nSPS) is 16.5. The van der Waals surface area contributed by atoms with E-state index in [9.17, 15) is 12.8 Å². The summed E-state index contributed by atoms with van der Waals surface area (Å²) < 4.78 is 43.5. The molecule has 0 aliphatic carbocycles. The molecule has 0 fully saturated rings. The first kappa shape index (κ1) is 24.2. The smallest absolute Gasteiger partial charge is 0.277 e.